The van der Waals surface area contributed by atoms with Crippen LogP contribution in [0.15, 0.2) is 79.2 Å². The molecule has 0 spiro atoms. The van der Waals surface area contributed by atoms with Crippen molar-refractivity contribution in [1.29, 1.82) is 0 Å². The van der Waals surface area contributed by atoms with Crippen LogP contribution < -0.4 is 9.62 Å². The van der Waals surface area contributed by atoms with Crippen LogP contribution >= 0.6 is 0 Å². The Balaban J connectivity index is 1.45. The summed E-state index contributed by atoms with van der Waals surface area (Å²) in [5.74, 6) is -0.409. The third-order valence-electron chi connectivity index (χ3n) is 7.32. The molecule has 0 aromatic heterocycles. The zero-order valence-corrected chi connectivity index (χ0v) is 20.4. The molecule has 2 aromatic carbocycles. The van der Waals surface area contributed by atoms with E-state index >= 15 is 0 Å². The van der Waals surface area contributed by atoms with Gasteiger partial charge in [0.05, 0.1) is 24.6 Å². The second-order valence-corrected chi connectivity index (χ2v) is 11.6. The standard InChI is InChI=1S/C27H33FN2O3S/c1-3-23(28)11-14-25(31)27-17-15-26(29-27,16-18-27)19-21-9-12-24(13-10-21)30(34(2,32)33)20-22-7-5-4-6-8-22/h3-13,25,29,31H,1,14-20H2,2H3/b23-11+. The Morgan fingerprint density at radius 3 is 2.35 bits per heavy atom. The van der Waals surface area contributed by atoms with Crippen LogP contribution in [0.2, 0.25) is 0 Å². The molecule has 4 rings (SSSR count). The van der Waals surface area contributed by atoms with Gasteiger partial charge in [-0.3, -0.25) is 4.31 Å². The quantitative estimate of drug-likeness (QED) is 0.482. The van der Waals surface area contributed by atoms with E-state index < -0.39 is 22.0 Å². The highest BCUT2D eigenvalue weighted by Crippen LogP contribution is 2.48. The first kappa shape index (κ1) is 24.6. The summed E-state index contributed by atoms with van der Waals surface area (Å²) < 4.78 is 39.8. The van der Waals surface area contributed by atoms with Gasteiger partial charge in [-0.1, -0.05) is 49.0 Å². The van der Waals surface area contributed by atoms with Gasteiger partial charge >= 0.3 is 0 Å². The number of hydrogen-bond acceptors (Lipinski definition) is 4. The third kappa shape index (κ3) is 5.27. The van der Waals surface area contributed by atoms with Crippen LogP contribution in [-0.4, -0.2) is 37.0 Å². The second kappa shape index (κ2) is 9.64. The predicted molar refractivity (Wildman–Crippen MR) is 135 cm³/mol. The molecular weight excluding hydrogens is 451 g/mol. The number of rotatable bonds is 10. The Kier molecular flexibility index (Phi) is 6.99. The van der Waals surface area contributed by atoms with Crippen LogP contribution in [0.3, 0.4) is 0 Å². The Labute approximate surface area is 202 Å². The molecule has 1 atom stereocenters. The predicted octanol–water partition coefficient (Wildman–Crippen LogP) is 4.64. The molecule has 2 aromatic rings. The van der Waals surface area contributed by atoms with Crippen molar-refractivity contribution in [3.63, 3.8) is 0 Å². The van der Waals surface area contributed by atoms with Crippen LogP contribution in [0.5, 0.6) is 0 Å². The summed E-state index contributed by atoms with van der Waals surface area (Å²) >= 11 is 0. The molecule has 2 aliphatic heterocycles. The van der Waals surface area contributed by atoms with E-state index in [-0.39, 0.29) is 24.0 Å². The fourth-order valence-corrected chi connectivity index (χ4v) is 6.33. The number of hydrogen-bond donors (Lipinski definition) is 2. The van der Waals surface area contributed by atoms with E-state index in [1.165, 1.54) is 16.6 Å². The fourth-order valence-electron chi connectivity index (χ4n) is 5.44. The van der Waals surface area contributed by atoms with Gasteiger partial charge in [-0.15, -0.1) is 0 Å². The van der Waals surface area contributed by atoms with E-state index in [9.17, 15) is 17.9 Å². The number of anilines is 1. The summed E-state index contributed by atoms with van der Waals surface area (Å²) in [5, 5.41) is 14.5. The van der Waals surface area contributed by atoms with E-state index in [1.54, 1.807) is 0 Å². The van der Waals surface area contributed by atoms with Crippen molar-refractivity contribution < 1.29 is 17.9 Å². The molecule has 2 saturated heterocycles. The van der Waals surface area contributed by atoms with Crippen LogP contribution in [-0.2, 0) is 23.0 Å². The van der Waals surface area contributed by atoms with E-state index in [2.05, 4.69) is 11.9 Å². The maximum absolute atomic E-state index is 13.4. The first-order valence-electron chi connectivity index (χ1n) is 11.7. The fraction of sp³-hybridized carbons (Fsp3) is 0.407. The molecule has 0 radical (unpaired) electrons. The van der Waals surface area contributed by atoms with Crippen LogP contribution in [0.4, 0.5) is 10.1 Å². The largest absolute Gasteiger partial charge is 0.391 e. The molecule has 0 aliphatic carbocycles. The van der Waals surface area contributed by atoms with Crippen LogP contribution in [0, 0.1) is 0 Å². The van der Waals surface area contributed by atoms with Gasteiger partial charge in [0, 0.05) is 11.1 Å². The maximum atomic E-state index is 13.4. The topological polar surface area (TPSA) is 69.6 Å². The molecule has 0 amide bonds. The number of fused-ring (bicyclic) bond motifs is 2. The molecule has 182 valence electrons. The van der Waals surface area contributed by atoms with Gasteiger partial charge in [0.25, 0.3) is 0 Å². The minimum absolute atomic E-state index is 0.0935. The molecule has 2 fully saturated rings. The third-order valence-corrected chi connectivity index (χ3v) is 8.46. The van der Waals surface area contributed by atoms with E-state index in [4.69, 9.17) is 0 Å². The summed E-state index contributed by atoms with van der Waals surface area (Å²) in [4.78, 5) is 0. The van der Waals surface area contributed by atoms with E-state index in [0.29, 0.717) is 5.69 Å². The van der Waals surface area contributed by atoms with Gasteiger partial charge in [-0.25, -0.2) is 12.8 Å². The zero-order chi connectivity index (χ0) is 24.4. The number of nitrogens with one attached hydrogen (secondary N) is 1. The van der Waals surface area contributed by atoms with Gasteiger partial charge in [-0.2, -0.15) is 0 Å². The minimum Gasteiger partial charge on any atom is -0.391 e. The van der Waals surface area contributed by atoms with Crippen molar-refractivity contribution in [3.05, 3.63) is 90.3 Å². The average Bonchev–Trinajstić information content (AvgIpc) is 3.38. The second-order valence-electron chi connectivity index (χ2n) is 9.70. The highest BCUT2D eigenvalue weighted by atomic mass is 32.2. The molecule has 2 N–H and O–H groups in total. The molecule has 7 heteroatoms. The lowest BCUT2D eigenvalue weighted by Crippen LogP contribution is -2.50. The minimum atomic E-state index is -3.44. The van der Waals surface area contributed by atoms with Crippen molar-refractivity contribution in [3.8, 4) is 0 Å². The summed E-state index contributed by atoms with van der Waals surface area (Å²) in [6, 6.07) is 17.3. The maximum Gasteiger partial charge on any atom is 0.232 e. The van der Waals surface area contributed by atoms with Crippen LogP contribution in [0.1, 0.15) is 43.2 Å². The first-order chi connectivity index (χ1) is 16.1. The lowest BCUT2D eigenvalue weighted by atomic mass is 9.76. The molecule has 2 heterocycles. The lowest BCUT2D eigenvalue weighted by Gasteiger charge is -2.31. The SMILES string of the molecule is C=C/C(F)=C\CC(O)C12CCC(Cc3ccc(N(Cc4ccccc4)S(C)(=O)=O)cc3)(CC1)N2. The molecule has 0 saturated carbocycles. The lowest BCUT2D eigenvalue weighted by molar-refractivity contribution is 0.0761. The van der Waals surface area contributed by atoms with Gasteiger partial charge in [0.1, 0.15) is 5.83 Å². The van der Waals surface area contributed by atoms with Crippen molar-refractivity contribution in [2.75, 3.05) is 10.6 Å². The van der Waals surface area contributed by atoms with Gasteiger partial charge in [0.2, 0.25) is 10.0 Å². The molecule has 34 heavy (non-hydrogen) atoms. The number of aliphatic hydroxyl groups is 1. The number of sulfonamides is 1. The van der Waals surface area contributed by atoms with Gasteiger partial charge < -0.3 is 10.4 Å². The van der Waals surface area contributed by atoms with Gasteiger partial charge in [-0.05, 0) is 73.9 Å². The number of nitrogens with zero attached hydrogens (tertiary/aromatic N) is 1. The molecular formula is C27H33FN2O3S. The molecule has 2 aliphatic rings. The van der Waals surface area contributed by atoms with Crippen molar-refractivity contribution in [2.45, 2.75) is 62.3 Å². The Hall–Kier alpha value is -2.48. The highest BCUT2D eigenvalue weighted by molar-refractivity contribution is 7.92. The zero-order valence-electron chi connectivity index (χ0n) is 19.6. The molecule has 1 unspecified atom stereocenters. The van der Waals surface area contributed by atoms with Crippen molar-refractivity contribution >= 4 is 15.7 Å². The number of allylic oxidation sites excluding steroid dienone is 2. The summed E-state index contributed by atoms with van der Waals surface area (Å²) in [5.41, 5.74) is 2.22. The first-order valence-corrected chi connectivity index (χ1v) is 13.6. The van der Waals surface area contributed by atoms with Crippen molar-refractivity contribution in [2.24, 2.45) is 0 Å². The Morgan fingerprint density at radius 1 is 1.12 bits per heavy atom. The smallest absolute Gasteiger partial charge is 0.232 e. The summed E-state index contributed by atoms with van der Waals surface area (Å²) in [6.45, 7) is 3.70. The number of halogens is 1. The summed E-state index contributed by atoms with van der Waals surface area (Å²) in [7, 11) is -3.44. The summed E-state index contributed by atoms with van der Waals surface area (Å²) in [6.07, 6.45) is 7.80. The number of benzene rings is 2. The molecule has 2 bridgehead atoms. The Bertz CT molecular complexity index is 1140. The molecule has 5 nitrogen and oxygen atoms in total. The number of aliphatic hydroxyl groups excluding tert-OH is 1. The Morgan fingerprint density at radius 2 is 1.76 bits per heavy atom. The van der Waals surface area contributed by atoms with E-state index in [1.807, 2.05) is 54.6 Å². The highest BCUT2D eigenvalue weighted by Gasteiger charge is 2.56. The normalized spacial score (nSPS) is 25.3. The average molecular weight is 485 g/mol. The van der Waals surface area contributed by atoms with Crippen molar-refractivity contribution in [1.82, 2.24) is 5.32 Å². The van der Waals surface area contributed by atoms with E-state index in [0.717, 1.165) is 49.3 Å². The van der Waals surface area contributed by atoms with Gasteiger partial charge in [0.15, 0.2) is 0 Å². The van der Waals surface area contributed by atoms with Crippen LogP contribution in [0.25, 0.3) is 0 Å². The monoisotopic (exact) mass is 484 g/mol.